The second-order valence-corrected chi connectivity index (χ2v) is 8.93. The Bertz CT molecular complexity index is 1250. The summed E-state index contributed by atoms with van der Waals surface area (Å²) in [6, 6.07) is 8.91. The van der Waals surface area contributed by atoms with Gasteiger partial charge in [0.2, 0.25) is 5.88 Å². The normalized spacial score (nSPS) is 13.0. The van der Waals surface area contributed by atoms with E-state index in [9.17, 15) is 14.7 Å². The van der Waals surface area contributed by atoms with Gasteiger partial charge >= 0.3 is 0 Å². The Morgan fingerprint density at radius 2 is 2.09 bits per heavy atom. The van der Waals surface area contributed by atoms with E-state index in [0.717, 1.165) is 29.8 Å². The van der Waals surface area contributed by atoms with Crippen LogP contribution in [0.2, 0.25) is 0 Å². The van der Waals surface area contributed by atoms with Crippen molar-refractivity contribution in [2.24, 2.45) is 10.2 Å². The molecule has 33 heavy (non-hydrogen) atoms. The number of likely N-dealkylation sites (N-methyl/N-ethyl adjacent to an activating group) is 1. The van der Waals surface area contributed by atoms with Crippen LogP contribution in [-0.2, 0) is 17.6 Å². The van der Waals surface area contributed by atoms with Crippen LogP contribution in [-0.4, -0.2) is 60.6 Å². The number of aromatic amines is 1. The van der Waals surface area contributed by atoms with Crippen LogP contribution in [0.5, 0.6) is 11.6 Å². The minimum Gasteiger partial charge on any atom is -0.493 e. The maximum atomic E-state index is 12.5. The average molecular weight is 514 g/mol. The number of aromatic hydroxyl groups is 1. The molecule has 0 unspecified atom stereocenters. The molecular weight excluding hydrogens is 490 g/mol. The third-order valence-electron chi connectivity index (χ3n) is 5.28. The third kappa shape index (κ3) is 5.23. The van der Waals surface area contributed by atoms with E-state index in [0.29, 0.717) is 34.1 Å². The molecule has 172 valence electrons. The number of amides is 2. The molecule has 1 aliphatic rings. The first-order chi connectivity index (χ1) is 15.8. The minimum absolute atomic E-state index is 0.0956. The highest BCUT2D eigenvalue weighted by molar-refractivity contribution is 9.10. The highest BCUT2D eigenvalue weighted by Crippen LogP contribution is 2.40. The largest absolute Gasteiger partial charge is 0.493 e. The number of H-pyrrole nitrogens is 1. The van der Waals surface area contributed by atoms with Crippen molar-refractivity contribution in [2.75, 3.05) is 33.8 Å². The summed E-state index contributed by atoms with van der Waals surface area (Å²) >= 11 is 3.44. The summed E-state index contributed by atoms with van der Waals surface area (Å²) < 4.78 is 6.03. The SMILES string of the molecule is CN(C)CCNC(=O)c1cc(Br)c2c(N=NC(=O)Cc3ccc4c(c3)CCO4)c(O)[nH]c2c1. The van der Waals surface area contributed by atoms with Gasteiger partial charge in [-0.1, -0.05) is 12.1 Å². The van der Waals surface area contributed by atoms with Crippen LogP contribution in [0.3, 0.4) is 0 Å². The Morgan fingerprint density at radius 3 is 2.88 bits per heavy atom. The van der Waals surface area contributed by atoms with Gasteiger partial charge in [0.05, 0.1) is 18.5 Å². The quantitative estimate of drug-likeness (QED) is 0.416. The molecular formula is C23H24BrN5O4. The summed E-state index contributed by atoms with van der Waals surface area (Å²) in [5, 5.41) is 21.5. The van der Waals surface area contributed by atoms with Crippen molar-refractivity contribution in [3.63, 3.8) is 0 Å². The number of rotatable bonds is 7. The van der Waals surface area contributed by atoms with E-state index in [2.05, 4.69) is 36.5 Å². The molecule has 2 heterocycles. The second kappa shape index (κ2) is 9.72. The number of nitrogens with zero attached hydrogens (tertiary/aromatic N) is 3. The number of hydrogen-bond donors (Lipinski definition) is 3. The van der Waals surface area contributed by atoms with Crippen molar-refractivity contribution >= 4 is 44.3 Å². The van der Waals surface area contributed by atoms with Crippen LogP contribution in [0.15, 0.2) is 45.0 Å². The third-order valence-corrected chi connectivity index (χ3v) is 5.91. The highest BCUT2D eigenvalue weighted by Gasteiger charge is 2.18. The Hall–Kier alpha value is -3.24. The fourth-order valence-electron chi connectivity index (χ4n) is 3.64. The number of benzene rings is 2. The van der Waals surface area contributed by atoms with E-state index in [1.54, 1.807) is 12.1 Å². The summed E-state index contributed by atoms with van der Waals surface area (Å²) in [7, 11) is 3.86. The van der Waals surface area contributed by atoms with E-state index in [1.807, 2.05) is 37.2 Å². The van der Waals surface area contributed by atoms with E-state index in [1.165, 1.54) is 0 Å². The molecule has 0 fully saturated rings. The van der Waals surface area contributed by atoms with Gasteiger partial charge in [-0.25, -0.2) is 0 Å². The van der Waals surface area contributed by atoms with Crippen molar-refractivity contribution in [1.82, 2.24) is 15.2 Å². The van der Waals surface area contributed by atoms with Gasteiger partial charge in [0.25, 0.3) is 11.8 Å². The van der Waals surface area contributed by atoms with Crippen LogP contribution in [0.4, 0.5) is 5.69 Å². The van der Waals surface area contributed by atoms with E-state index in [-0.39, 0.29) is 23.9 Å². The number of aromatic nitrogens is 1. The monoisotopic (exact) mass is 513 g/mol. The molecule has 3 aromatic rings. The number of fused-ring (bicyclic) bond motifs is 2. The van der Waals surface area contributed by atoms with Gasteiger partial charge in [0.15, 0.2) is 5.69 Å². The Morgan fingerprint density at radius 1 is 1.27 bits per heavy atom. The maximum Gasteiger partial charge on any atom is 0.269 e. The fourth-order valence-corrected chi connectivity index (χ4v) is 4.29. The van der Waals surface area contributed by atoms with Crippen molar-refractivity contribution < 1.29 is 19.4 Å². The molecule has 0 spiro atoms. The zero-order chi connectivity index (χ0) is 23.5. The van der Waals surface area contributed by atoms with Crippen molar-refractivity contribution in [3.05, 3.63) is 51.5 Å². The summed E-state index contributed by atoms with van der Waals surface area (Å²) in [4.78, 5) is 29.6. The van der Waals surface area contributed by atoms with Gasteiger partial charge in [0, 0.05) is 34.9 Å². The van der Waals surface area contributed by atoms with Gasteiger partial charge in [-0.2, -0.15) is 0 Å². The van der Waals surface area contributed by atoms with Crippen molar-refractivity contribution in [2.45, 2.75) is 12.8 Å². The van der Waals surface area contributed by atoms with Crippen LogP contribution in [0.25, 0.3) is 10.9 Å². The summed E-state index contributed by atoms with van der Waals surface area (Å²) in [5.41, 5.74) is 2.97. The molecule has 0 atom stereocenters. The van der Waals surface area contributed by atoms with E-state index < -0.39 is 5.91 Å². The molecule has 0 aliphatic carbocycles. The van der Waals surface area contributed by atoms with Crippen LogP contribution < -0.4 is 10.1 Å². The van der Waals surface area contributed by atoms with Gasteiger partial charge in [0.1, 0.15) is 5.75 Å². The van der Waals surface area contributed by atoms with Crippen LogP contribution >= 0.6 is 15.9 Å². The van der Waals surface area contributed by atoms with Gasteiger partial charge < -0.3 is 25.0 Å². The van der Waals surface area contributed by atoms with Gasteiger partial charge in [-0.3, -0.25) is 9.59 Å². The standard InChI is InChI=1S/C23H24BrN5O4/c1-29(2)7-6-25-22(31)15-11-16(24)20-17(12-15)26-23(32)21(20)28-27-19(30)10-13-3-4-18-14(9-13)5-8-33-18/h3-4,9,11-12,26,32H,5-8,10H2,1-2H3,(H,25,31). The molecule has 1 aromatic heterocycles. The van der Waals surface area contributed by atoms with E-state index in [4.69, 9.17) is 4.74 Å². The lowest BCUT2D eigenvalue weighted by Gasteiger charge is -2.10. The zero-order valence-corrected chi connectivity index (χ0v) is 19.9. The molecule has 2 amide bonds. The maximum absolute atomic E-state index is 12.5. The second-order valence-electron chi connectivity index (χ2n) is 8.07. The van der Waals surface area contributed by atoms with Gasteiger partial charge in [-0.05, 0) is 59.4 Å². The molecule has 10 heteroatoms. The van der Waals surface area contributed by atoms with Gasteiger partial charge in [-0.15, -0.1) is 10.2 Å². The molecule has 4 rings (SSSR count). The molecule has 3 N–H and O–H groups in total. The van der Waals surface area contributed by atoms with Crippen LogP contribution in [0.1, 0.15) is 21.5 Å². The average Bonchev–Trinajstić information content (AvgIpc) is 3.35. The number of nitrogens with one attached hydrogen (secondary N) is 2. The molecule has 2 aromatic carbocycles. The molecule has 0 radical (unpaired) electrons. The molecule has 0 saturated heterocycles. The number of hydrogen-bond acceptors (Lipinski definition) is 6. The first-order valence-corrected chi connectivity index (χ1v) is 11.3. The number of azo groups is 1. The topological polar surface area (TPSA) is 119 Å². The summed E-state index contributed by atoms with van der Waals surface area (Å²) in [5.74, 6) is -0.0449. The lowest BCUT2D eigenvalue weighted by atomic mass is 10.1. The predicted molar refractivity (Wildman–Crippen MR) is 127 cm³/mol. The lowest BCUT2D eigenvalue weighted by molar-refractivity contribution is -0.117. The van der Waals surface area contributed by atoms with Crippen molar-refractivity contribution in [1.29, 1.82) is 0 Å². The molecule has 1 aliphatic heterocycles. The lowest BCUT2D eigenvalue weighted by Crippen LogP contribution is -2.31. The zero-order valence-electron chi connectivity index (χ0n) is 18.3. The molecule has 9 nitrogen and oxygen atoms in total. The molecule has 0 saturated carbocycles. The van der Waals surface area contributed by atoms with Crippen LogP contribution in [0, 0.1) is 0 Å². The van der Waals surface area contributed by atoms with Crippen molar-refractivity contribution in [3.8, 4) is 11.6 Å². The smallest absolute Gasteiger partial charge is 0.269 e. The number of carbonyl (C=O) groups excluding carboxylic acids is 2. The number of carbonyl (C=O) groups is 2. The number of ether oxygens (including phenoxy) is 1. The van der Waals surface area contributed by atoms with E-state index >= 15 is 0 Å². The summed E-state index contributed by atoms with van der Waals surface area (Å²) in [6.07, 6.45) is 0.921. The Labute approximate surface area is 199 Å². The fraction of sp³-hybridized carbons (Fsp3) is 0.304. The Kier molecular flexibility index (Phi) is 6.75. The first kappa shape index (κ1) is 22.9. The first-order valence-electron chi connectivity index (χ1n) is 10.5. The molecule has 0 bridgehead atoms. The summed E-state index contributed by atoms with van der Waals surface area (Å²) in [6.45, 7) is 1.88. The highest BCUT2D eigenvalue weighted by atomic mass is 79.9. The number of halogens is 1. The Balaban J connectivity index is 1.50. The predicted octanol–water partition coefficient (Wildman–Crippen LogP) is 3.72. The minimum atomic E-state index is -0.435.